The van der Waals surface area contributed by atoms with E-state index in [-0.39, 0.29) is 11.6 Å². The summed E-state index contributed by atoms with van der Waals surface area (Å²) in [7, 11) is 0. The smallest absolute Gasteiger partial charge is 0.265 e. The number of halogens is 1. The lowest BCUT2D eigenvalue weighted by Gasteiger charge is -2.08. The quantitative estimate of drug-likeness (QED) is 0.724. The summed E-state index contributed by atoms with van der Waals surface area (Å²) in [5, 5.41) is 7.89. The first kappa shape index (κ1) is 12.3. The summed E-state index contributed by atoms with van der Waals surface area (Å²) < 4.78 is 21.1. The number of anilines is 1. The maximum Gasteiger partial charge on any atom is 0.265 e. The zero-order valence-electron chi connectivity index (χ0n) is 11.0. The number of ether oxygens (including phenoxy) is 1. The summed E-state index contributed by atoms with van der Waals surface area (Å²) in [5.41, 5.74) is 7.17. The summed E-state index contributed by atoms with van der Waals surface area (Å²) in [6.45, 7) is 3.58. The molecule has 3 aromatic rings. The molecular formula is C13H12FN5O. The number of nitrogen functional groups attached to an aromatic ring is 1. The lowest BCUT2D eigenvalue weighted by Crippen LogP contribution is -1.98. The Morgan fingerprint density at radius 1 is 1.25 bits per heavy atom. The van der Waals surface area contributed by atoms with E-state index in [1.807, 2.05) is 0 Å². The molecule has 2 aromatic heterocycles. The molecular weight excluding hydrogens is 261 g/mol. The maximum absolute atomic E-state index is 13.8. The molecule has 20 heavy (non-hydrogen) atoms. The van der Waals surface area contributed by atoms with Crippen LogP contribution in [0, 0.1) is 19.7 Å². The van der Waals surface area contributed by atoms with E-state index >= 15 is 0 Å². The van der Waals surface area contributed by atoms with Crippen molar-refractivity contribution < 1.29 is 9.13 Å². The van der Waals surface area contributed by atoms with Crippen molar-refractivity contribution in [1.82, 2.24) is 19.6 Å². The molecule has 0 saturated heterocycles. The molecule has 0 fully saturated rings. The fourth-order valence-corrected chi connectivity index (χ4v) is 1.84. The van der Waals surface area contributed by atoms with Crippen LogP contribution in [0.2, 0.25) is 0 Å². The van der Waals surface area contributed by atoms with Crippen molar-refractivity contribution in [3.63, 3.8) is 0 Å². The number of aryl methyl sites for hydroxylation is 2. The second-order valence-electron chi connectivity index (χ2n) is 4.41. The third kappa shape index (κ3) is 1.93. The molecule has 3 rings (SSSR count). The van der Waals surface area contributed by atoms with Crippen LogP contribution in [0.1, 0.15) is 11.4 Å². The Hall–Kier alpha value is -2.70. The largest absolute Gasteiger partial charge is 0.433 e. The lowest BCUT2D eigenvalue weighted by atomic mass is 10.2. The molecule has 0 saturated carbocycles. The van der Waals surface area contributed by atoms with Crippen LogP contribution in [0.5, 0.6) is 11.6 Å². The maximum atomic E-state index is 13.8. The second kappa shape index (κ2) is 4.44. The van der Waals surface area contributed by atoms with Crippen LogP contribution < -0.4 is 10.5 Å². The van der Waals surface area contributed by atoms with Gasteiger partial charge in [0.1, 0.15) is 5.82 Å². The fourth-order valence-electron chi connectivity index (χ4n) is 1.84. The number of rotatable bonds is 2. The fraction of sp³-hybridized carbons (Fsp3) is 0.154. The average Bonchev–Trinajstić information content (AvgIpc) is 2.79. The molecule has 0 aliphatic carbocycles. The monoisotopic (exact) mass is 273 g/mol. The van der Waals surface area contributed by atoms with E-state index in [4.69, 9.17) is 10.5 Å². The highest BCUT2D eigenvalue weighted by Crippen LogP contribution is 2.28. The standard InChI is InChI=1S/C13H12FN5O/c1-7-5-11(9(14)6-10(7)15)20-13-12-18-17-8(2)19(12)4-3-16-13/h3-6H,15H2,1-2H3. The minimum absolute atomic E-state index is 0.0537. The summed E-state index contributed by atoms with van der Waals surface area (Å²) in [6.07, 6.45) is 3.25. The number of benzene rings is 1. The van der Waals surface area contributed by atoms with Gasteiger partial charge in [-0.3, -0.25) is 4.40 Å². The van der Waals surface area contributed by atoms with Crippen LogP contribution in [0.25, 0.3) is 5.65 Å². The van der Waals surface area contributed by atoms with Crippen LogP contribution in [0.3, 0.4) is 0 Å². The molecule has 2 N–H and O–H groups in total. The van der Waals surface area contributed by atoms with Crippen LogP contribution >= 0.6 is 0 Å². The Bertz CT molecular complexity index is 799. The van der Waals surface area contributed by atoms with Gasteiger partial charge in [-0.25, -0.2) is 9.37 Å². The number of aromatic nitrogens is 4. The van der Waals surface area contributed by atoms with E-state index in [9.17, 15) is 4.39 Å². The average molecular weight is 273 g/mol. The SMILES string of the molecule is Cc1cc(Oc2nccn3c(C)nnc23)c(F)cc1N. The topological polar surface area (TPSA) is 78.3 Å². The van der Waals surface area contributed by atoms with Gasteiger partial charge in [-0.05, 0) is 25.5 Å². The van der Waals surface area contributed by atoms with Gasteiger partial charge in [-0.1, -0.05) is 0 Å². The third-order valence-corrected chi connectivity index (χ3v) is 2.99. The van der Waals surface area contributed by atoms with E-state index in [1.54, 1.807) is 30.6 Å². The minimum atomic E-state index is -0.548. The Balaban J connectivity index is 2.08. The van der Waals surface area contributed by atoms with Gasteiger partial charge in [0.05, 0.1) is 0 Å². The minimum Gasteiger partial charge on any atom is -0.433 e. The molecule has 0 unspecified atom stereocenters. The van der Waals surface area contributed by atoms with Gasteiger partial charge in [0, 0.05) is 24.1 Å². The predicted molar refractivity (Wildman–Crippen MR) is 71.1 cm³/mol. The summed E-state index contributed by atoms with van der Waals surface area (Å²) in [6, 6.07) is 2.75. The molecule has 0 spiro atoms. The summed E-state index contributed by atoms with van der Waals surface area (Å²) in [4.78, 5) is 4.07. The second-order valence-corrected chi connectivity index (χ2v) is 4.41. The van der Waals surface area contributed by atoms with Gasteiger partial charge in [-0.2, -0.15) is 0 Å². The molecule has 0 aliphatic heterocycles. The van der Waals surface area contributed by atoms with E-state index in [0.717, 1.165) is 5.56 Å². The van der Waals surface area contributed by atoms with E-state index in [2.05, 4.69) is 15.2 Å². The van der Waals surface area contributed by atoms with Crippen molar-refractivity contribution in [1.29, 1.82) is 0 Å². The van der Waals surface area contributed by atoms with Crippen LogP contribution in [-0.2, 0) is 0 Å². The molecule has 0 atom stereocenters. The van der Waals surface area contributed by atoms with Crippen LogP contribution in [0.15, 0.2) is 24.5 Å². The normalized spacial score (nSPS) is 10.9. The Kier molecular flexibility index (Phi) is 2.74. The Morgan fingerprint density at radius 3 is 2.85 bits per heavy atom. The molecule has 2 heterocycles. The summed E-state index contributed by atoms with van der Waals surface area (Å²) in [5.74, 6) is 0.392. The number of hydrogen-bond acceptors (Lipinski definition) is 5. The third-order valence-electron chi connectivity index (χ3n) is 2.99. The number of nitrogens with zero attached hydrogens (tertiary/aromatic N) is 4. The van der Waals surface area contributed by atoms with Gasteiger partial charge in [0.2, 0.25) is 5.65 Å². The Labute approximate surface area is 114 Å². The molecule has 0 amide bonds. The van der Waals surface area contributed by atoms with Crippen molar-refractivity contribution in [2.75, 3.05) is 5.73 Å². The van der Waals surface area contributed by atoms with Crippen molar-refractivity contribution in [3.05, 3.63) is 41.7 Å². The van der Waals surface area contributed by atoms with E-state index in [1.165, 1.54) is 12.1 Å². The molecule has 0 radical (unpaired) electrons. The molecule has 1 aromatic carbocycles. The lowest BCUT2D eigenvalue weighted by molar-refractivity contribution is 0.429. The van der Waals surface area contributed by atoms with Crippen molar-refractivity contribution in [3.8, 4) is 11.6 Å². The molecule has 0 aliphatic rings. The highest BCUT2D eigenvalue weighted by Gasteiger charge is 2.13. The van der Waals surface area contributed by atoms with Gasteiger partial charge in [0.15, 0.2) is 11.6 Å². The number of fused-ring (bicyclic) bond motifs is 1. The zero-order chi connectivity index (χ0) is 14.3. The molecule has 7 heteroatoms. The molecule has 6 nitrogen and oxygen atoms in total. The van der Waals surface area contributed by atoms with Gasteiger partial charge in [0.25, 0.3) is 5.88 Å². The van der Waals surface area contributed by atoms with Crippen LogP contribution in [-0.4, -0.2) is 19.6 Å². The first-order valence-corrected chi connectivity index (χ1v) is 5.96. The highest BCUT2D eigenvalue weighted by molar-refractivity contribution is 5.54. The van der Waals surface area contributed by atoms with E-state index < -0.39 is 5.82 Å². The zero-order valence-corrected chi connectivity index (χ0v) is 11.0. The molecule has 102 valence electrons. The van der Waals surface area contributed by atoms with E-state index in [0.29, 0.717) is 17.2 Å². The van der Waals surface area contributed by atoms with Crippen molar-refractivity contribution >= 4 is 11.3 Å². The van der Waals surface area contributed by atoms with Gasteiger partial charge < -0.3 is 10.5 Å². The number of nitrogens with two attached hydrogens (primary N) is 1. The predicted octanol–water partition coefficient (Wildman–Crippen LogP) is 2.25. The highest BCUT2D eigenvalue weighted by atomic mass is 19.1. The van der Waals surface area contributed by atoms with Crippen molar-refractivity contribution in [2.24, 2.45) is 0 Å². The molecule has 0 bridgehead atoms. The first-order chi connectivity index (χ1) is 9.56. The van der Waals surface area contributed by atoms with Crippen LogP contribution in [0.4, 0.5) is 10.1 Å². The number of hydrogen-bond donors (Lipinski definition) is 1. The first-order valence-electron chi connectivity index (χ1n) is 5.96. The van der Waals surface area contributed by atoms with Gasteiger partial charge >= 0.3 is 0 Å². The van der Waals surface area contributed by atoms with Gasteiger partial charge in [-0.15, -0.1) is 10.2 Å². The van der Waals surface area contributed by atoms with Crippen molar-refractivity contribution in [2.45, 2.75) is 13.8 Å². The summed E-state index contributed by atoms with van der Waals surface area (Å²) >= 11 is 0. The Morgan fingerprint density at radius 2 is 2.05 bits per heavy atom.